The number of nitrogens with zero attached hydrogens (tertiary/aromatic N) is 3. The fourth-order valence-corrected chi connectivity index (χ4v) is 3.18. The van der Waals surface area contributed by atoms with Crippen molar-refractivity contribution in [1.82, 2.24) is 20.1 Å². The third-order valence-corrected chi connectivity index (χ3v) is 4.59. The summed E-state index contributed by atoms with van der Waals surface area (Å²) < 4.78 is 1.79. The van der Waals surface area contributed by atoms with Gasteiger partial charge in [-0.15, -0.1) is 0 Å². The molecule has 0 saturated heterocycles. The molecule has 0 atom stereocenters. The standard InChI is InChI=1S/C18H24N4O/c1-12-4-7-16(8-5-12)20-18(23)15-6-9-17(19-11-15)22-14(3)10-13(2)21-22/h6,9-12,16H,4-5,7-8H2,1-3H3,(H,20,23). The van der Waals surface area contributed by atoms with Crippen molar-refractivity contribution in [3.63, 3.8) is 0 Å². The van der Waals surface area contributed by atoms with Crippen LogP contribution in [0.15, 0.2) is 24.4 Å². The molecule has 1 aliphatic rings. The molecule has 1 saturated carbocycles. The van der Waals surface area contributed by atoms with E-state index in [-0.39, 0.29) is 5.91 Å². The van der Waals surface area contributed by atoms with E-state index in [4.69, 9.17) is 0 Å². The van der Waals surface area contributed by atoms with E-state index in [1.54, 1.807) is 10.9 Å². The number of hydrogen-bond donors (Lipinski definition) is 1. The summed E-state index contributed by atoms with van der Waals surface area (Å²) in [5, 5.41) is 7.54. The van der Waals surface area contributed by atoms with Crippen molar-refractivity contribution < 1.29 is 4.79 Å². The summed E-state index contributed by atoms with van der Waals surface area (Å²) in [6, 6.07) is 5.97. The summed E-state index contributed by atoms with van der Waals surface area (Å²) in [5.74, 6) is 1.49. The fraction of sp³-hybridized carbons (Fsp3) is 0.500. The van der Waals surface area contributed by atoms with Crippen LogP contribution in [0.4, 0.5) is 0 Å². The van der Waals surface area contributed by atoms with Gasteiger partial charge >= 0.3 is 0 Å². The molecule has 1 fully saturated rings. The molecule has 2 aromatic heterocycles. The summed E-state index contributed by atoms with van der Waals surface area (Å²) >= 11 is 0. The quantitative estimate of drug-likeness (QED) is 0.947. The maximum absolute atomic E-state index is 12.3. The van der Waals surface area contributed by atoms with Gasteiger partial charge in [0, 0.05) is 17.9 Å². The molecule has 122 valence electrons. The lowest BCUT2D eigenvalue weighted by Gasteiger charge is -2.26. The maximum Gasteiger partial charge on any atom is 0.253 e. The molecule has 0 aromatic carbocycles. The van der Waals surface area contributed by atoms with Crippen molar-refractivity contribution in [3.05, 3.63) is 41.3 Å². The van der Waals surface area contributed by atoms with Crippen molar-refractivity contribution in [2.75, 3.05) is 0 Å². The monoisotopic (exact) mass is 312 g/mol. The Hall–Kier alpha value is -2.17. The molecule has 0 spiro atoms. The molecule has 2 aromatic rings. The number of carbonyl (C=O) groups excluding carboxylic acids is 1. The number of carbonyl (C=O) groups is 1. The Bertz CT molecular complexity index is 682. The van der Waals surface area contributed by atoms with Gasteiger partial charge in [0.05, 0.1) is 11.3 Å². The van der Waals surface area contributed by atoms with E-state index >= 15 is 0 Å². The Balaban J connectivity index is 1.67. The van der Waals surface area contributed by atoms with Crippen LogP contribution in [0, 0.1) is 19.8 Å². The Kier molecular flexibility index (Phi) is 4.46. The van der Waals surface area contributed by atoms with Gasteiger partial charge in [0.15, 0.2) is 5.82 Å². The number of aromatic nitrogens is 3. The van der Waals surface area contributed by atoms with Crippen LogP contribution >= 0.6 is 0 Å². The molecule has 0 radical (unpaired) electrons. The summed E-state index contributed by atoms with van der Waals surface area (Å²) in [7, 11) is 0. The molecule has 1 N–H and O–H groups in total. The highest BCUT2D eigenvalue weighted by Crippen LogP contribution is 2.23. The van der Waals surface area contributed by atoms with Gasteiger partial charge in [0.2, 0.25) is 0 Å². The van der Waals surface area contributed by atoms with Crippen molar-refractivity contribution in [1.29, 1.82) is 0 Å². The van der Waals surface area contributed by atoms with Crippen LogP contribution < -0.4 is 5.32 Å². The van der Waals surface area contributed by atoms with Crippen LogP contribution in [-0.4, -0.2) is 26.7 Å². The van der Waals surface area contributed by atoms with E-state index in [9.17, 15) is 4.79 Å². The molecule has 23 heavy (non-hydrogen) atoms. The number of aryl methyl sites for hydroxylation is 2. The molecule has 0 aliphatic heterocycles. The summed E-state index contributed by atoms with van der Waals surface area (Å²) in [6.45, 7) is 6.22. The average Bonchev–Trinajstić information content (AvgIpc) is 2.88. The first-order valence-corrected chi connectivity index (χ1v) is 8.33. The topological polar surface area (TPSA) is 59.8 Å². The number of nitrogens with one attached hydrogen (secondary N) is 1. The zero-order valence-electron chi connectivity index (χ0n) is 14.0. The van der Waals surface area contributed by atoms with Gasteiger partial charge in [-0.3, -0.25) is 4.79 Å². The van der Waals surface area contributed by atoms with Gasteiger partial charge in [0.25, 0.3) is 5.91 Å². The third kappa shape index (κ3) is 3.60. The molecule has 1 aliphatic carbocycles. The third-order valence-electron chi connectivity index (χ3n) is 4.59. The summed E-state index contributed by atoms with van der Waals surface area (Å²) in [6.07, 6.45) is 6.17. The van der Waals surface area contributed by atoms with Gasteiger partial charge in [-0.05, 0) is 63.6 Å². The Morgan fingerprint density at radius 1 is 1.22 bits per heavy atom. The summed E-state index contributed by atoms with van der Waals surface area (Å²) in [4.78, 5) is 16.7. The zero-order valence-corrected chi connectivity index (χ0v) is 14.0. The van der Waals surface area contributed by atoms with E-state index < -0.39 is 0 Å². The Morgan fingerprint density at radius 3 is 2.52 bits per heavy atom. The largest absolute Gasteiger partial charge is 0.349 e. The van der Waals surface area contributed by atoms with Crippen LogP contribution in [0.25, 0.3) is 5.82 Å². The Morgan fingerprint density at radius 2 is 1.96 bits per heavy atom. The predicted molar refractivity (Wildman–Crippen MR) is 89.7 cm³/mol. The van der Waals surface area contributed by atoms with Gasteiger partial charge < -0.3 is 5.32 Å². The first-order valence-electron chi connectivity index (χ1n) is 8.33. The van der Waals surface area contributed by atoms with Gasteiger partial charge in [0.1, 0.15) is 0 Å². The van der Waals surface area contributed by atoms with Crippen LogP contribution in [0.2, 0.25) is 0 Å². The minimum absolute atomic E-state index is 0.0306. The van der Waals surface area contributed by atoms with Crippen LogP contribution in [0.3, 0.4) is 0 Å². The van der Waals surface area contributed by atoms with Gasteiger partial charge in [-0.2, -0.15) is 5.10 Å². The van der Waals surface area contributed by atoms with Gasteiger partial charge in [-0.25, -0.2) is 9.67 Å². The number of hydrogen-bond acceptors (Lipinski definition) is 3. The minimum Gasteiger partial charge on any atom is -0.349 e. The number of rotatable bonds is 3. The molecule has 5 nitrogen and oxygen atoms in total. The Labute approximate surface area is 137 Å². The van der Waals surface area contributed by atoms with Crippen LogP contribution in [0.5, 0.6) is 0 Å². The fourth-order valence-electron chi connectivity index (χ4n) is 3.18. The molecule has 0 bridgehead atoms. The lowest BCUT2D eigenvalue weighted by atomic mass is 9.87. The highest BCUT2D eigenvalue weighted by molar-refractivity contribution is 5.94. The van der Waals surface area contributed by atoms with E-state index in [1.165, 1.54) is 12.8 Å². The van der Waals surface area contributed by atoms with Crippen molar-refractivity contribution >= 4 is 5.91 Å². The van der Waals surface area contributed by atoms with E-state index in [2.05, 4.69) is 22.3 Å². The molecule has 5 heteroatoms. The minimum atomic E-state index is -0.0306. The van der Waals surface area contributed by atoms with Crippen molar-refractivity contribution in [2.24, 2.45) is 5.92 Å². The average molecular weight is 312 g/mol. The van der Waals surface area contributed by atoms with E-state index in [0.717, 1.165) is 36.0 Å². The van der Waals surface area contributed by atoms with Crippen molar-refractivity contribution in [2.45, 2.75) is 52.5 Å². The highest BCUT2D eigenvalue weighted by Gasteiger charge is 2.20. The molecule has 0 unspecified atom stereocenters. The van der Waals surface area contributed by atoms with Crippen LogP contribution in [0.1, 0.15) is 54.4 Å². The number of amides is 1. The van der Waals surface area contributed by atoms with E-state index in [1.807, 2.05) is 32.0 Å². The number of pyridine rings is 1. The molecular weight excluding hydrogens is 288 g/mol. The van der Waals surface area contributed by atoms with Crippen LogP contribution in [-0.2, 0) is 0 Å². The molecule has 2 heterocycles. The summed E-state index contributed by atoms with van der Waals surface area (Å²) in [5.41, 5.74) is 2.59. The smallest absolute Gasteiger partial charge is 0.253 e. The molecule has 3 rings (SSSR count). The van der Waals surface area contributed by atoms with Crippen molar-refractivity contribution in [3.8, 4) is 5.82 Å². The maximum atomic E-state index is 12.3. The second-order valence-electron chi connectivity index (χ2n) is 6.67. The second kappa shape index (κ2) is 6.52. The first-order chi connectivity index (χ1) is 11.0. The normalized spacial score (nSPS) is 21.2. The van der Waals surface area contributed by atoms with Gasteiger partial charge in [-0.1, -0.05) is 6.92 Å². The highest BCUT2D eigenvalue weighted by atomic mass is 16.1. The first kappa shape index (κ1) is 15.7. The lowest BCUT2D eigenvalue weighted by molar-refractivity contribution is 0.0922. The molecular formula is C18H24N4O. The molecule has 1 amide bonds. The second-order valence-corrected chi connectivity index (χ2v) is 6.67. The predicted octanol–water partition coefficient (Wildman–Crippen LogP) is 3.19. The van der Waals surface area contributed by atoms with E-state index in [0.29, 0.717) is 11.6 Å². The SMILES string of the molecule is Cc1cc(C)n(-c2ccc(C(=O)NC3CCC(C)CC3)cn2)n1. The zero-order chi connectivity index (χ0) is 16.4. The lowest BCUT2D eigenvalue weighted by Crippen LogP contribution is -2.37.